The van der Waals surface area contributed by atoms with E-state index < -0.39 is 18.1 Å². The largest absolute Gasteiger partial charge is 0.480 e. The van der Waals surface area contributed by atoms with Crippen LogP contribution in [0.4, 0.5) is 0 Å². The van der Waals surface area contributed by atoms with Crippen molar-refractivity contribution in [2.24, 2.45) is 0 Å². The Balaban J connectivity index is 1.55. The van der Waals surface area contributed by atoms with Gasteiger partial charge < -0.3 is 14.9 Å². The Morgan fingerprint density at radius 1 is 0.688 bits per heavy atom. The van der Waals surface area contributed by atoms with Gasteiger partial charge in [0.1, 0.15) is 12.1 Å². The van der Waals surface area contributed by atoms with Gasteiger partial charge in [0.05, 0.1) is 0 Å². The van der Waals surface area contributed by atoms with Crippen LogP contribution in [0, 0.1) is 0 Å². The Morgan fingerprint density at radius 3 is 1.69 bits per heavy atom. The van der Waals surface area contributed by atoms with Crippen LogP contribution in [0.3, 0.4) is 0 Å². The molecule has 6 heteroatoms. The average molecular weight is 451 g/mol. The first-order valence-electron chi connectivity index (χ1n) is 13.4. The lowest BCUT2D eigenvalue weighted by atomic mass is 10.0. The highest BCUT2D eigenvalue weighted by Gasteiger charge is 2.41. The summed E-state index contributed by atoms with van der Waals surface area (Å²) in [5.74, 6) is -1.03. The van der Waals surface area contributed by atoms with Gasteiger partial charge in [-0.2, -0.15) is 0 Å². The van der Waals surface area contributed by atoms with Crippen molar-refractivity contribution in [3.8, 4) is 0 Å². The van der Waals surface area contributed by atoms with Crippen LogP contribution in [0.1, 0.15) is 122 Å². The lowest BCUT2D eigenvalue weighted by Gasteiger charge is -2.30. The number of nitrogens with zero attached hydrogens (tertiary/aromatic N) is 2. The van der Waals surface area contributed by atoms with Crippen molar-refractivity contribution in [3.63, 3.8) is 0 Å². The maximum Gasteiger partial charge on any atom is 0.326 e. The maximum atomic E-state index is 12.9. The molecule has 2 heterocycles. The van der Waals surface area contributed by atoms with Gasteiger partial charge in [0, 0.05) is 19.5 Å². The van der Waals surface area contributed by atoms with E-state index in [0.29, 0.717) is 32.4 Å². The van der Waals surface area contributed by atoms with E-state index in [4.69, 9.17) is 0 Å². The first-order chi connectivity index (χ1) is 15.6. The van der Waals surface area contributed by atoms with Gasteiger partial charge in [0.15, 0.2) is 0 Å². The van der Waals surface area contributed by atoms with Gasteiger partial charge in [-0.1, -0.05) is 84.0 Å². The molecule has 0 radical (unpaired) electrons. The van der Waals surface area contributed by atoms with Crippen LogP contribution in [0.15, 0.2) is 0 Å². The number of hydrogen-bond donors (Lipinski definition) is 1. The Kier molecular flexibility index (Phi) is 12.7. The number of rotatable bonds is 16. The molecule has 2 atom stereocenters. The second kappa shape index (κ2) is 15.3. The number of carbonyl (C=O) groups is 3. The summed E-state index contributed by atoms with van der Waals surface area (Å²) >= 11 is 0. The minimum atomic E-state index is -0.932. The van der Waals surface area contributed by atoms with Gasteiger partial charge >= 0.3 is 5.97 Å². The zero-order valence-corrected chi connectivity index (χ0v) is 20.4. The normalized spacial score (nSPS) is 20.8. The Hall–Kier alpha value is -1.59. The van der Waals surface area contributed by atoms with Crippen molar-refractivity contribution in [1.29, 1.82) is 0 Å². The van der Waals surface area contributed by atoms with E-state index in [0.717, 1.165) is 25.7 Å². The van der Waals surface area contributed by atoms with Crippen molar-refractivity contribution in [2.45, 2.75) is 135 Å². The highest BCUT2D eigenvalue weighted by atomic mass is 16.4. The van der Waals surface area contributed by atoms with E-state index in [1.807, 2.05) is 0 Å². The zero-order chi connectivity index (χ0) is 23.2. The highest BCUT2D eigenvalue weighted by molar-refractivity contribution is 5.91. The molecule has 32 heavy (non-hydrogen) atoms. The summed E-state index contributed by atoms with van der Waals surface area (Å²) in [6.07, 6.45) is 19.8. The van der Waals surface area contributed by atoms with Crippen molar-refractivity contribution < 1.29 is 19.5 Å². The molecular weight excluding hydrogens is 404 g/mol. The molecular formula is C26H46N2O4. The lowest BCUT2D eigenvalue weighted by Crippen LogP contribution is -2.50. The minimum Gasteiger partial charge on any atom is -0.480 e. The Bertz CT molecular complexity index is 580. The number of amides is 2. The van der Waals surface area contributed by atoms with Crippen LogP contribution in [0.25, 0.3) is 0 Å². The van der Waals surface area contributed by atoms with Gasteiger partial charge in [-0.25, -0.2) is 4.79 Å². The van der Waals surface area contributed by atoms with Crippen LogP contribution in [0.2, 0.25) is 0 Å². The molecule has 1 N–H and O–H groups in total. The molecule has 2 saturated heterocycles. The average Bonchev–Trinajstić information content (AvgIpc) is 3.46. The maximum absolute atomic E-state index is 12.9. The number of unbranched alkanes of at least 4 members (excludes halogenated alkanes) is 12. The number of carboxylic acid groups (broad SMARTS) is 1. The predicted octanol–water partition coefficient (Wildman–Crippen LogP) is 5.53. The molecule has 2 amide bonds. The number of aliphatic carboxylic acids is 1. The fourth-order valence-corrected chi connectivity index (χ4v) is 5.24. The summed E-state index contributed by atoms with van der Waals surface area (Å²) in [5, 5.41) is 9.36. The lowest BCUT2D eigenvalue weighted by molar-refractivity contribution is -0.151. The monoisotopic (exact) mass is 450 g/mol. The first kappa shape index (κ1) is 26.7. The van der Waals surface area contributed by atoms with E-state index >= 15 is 0 Å². The molecule has 0 aromatic carbocycles. The van der Waals surface area contributed by atoms with Gasteiger partial charge in [-0.05, 0) is 32.1 Å². The topological polar surface area (TPSA) is 77.9 Å². The van der Waals surface area contributed by atoms with Gasteiger partial charge in [0.25, 0.3) is 0 Å². The van der Waals surface area contributed by atoms with Gasteiger partial charge in [-0.15, -0.1) is 0 Å². The molecule has 0 saturated carbocycles. The van der Waals surface area contributed by atoms with Crippen molar-refractivity contribution in [2.75, 3.05) is 13.1 Å². The standard InChI is InChI=1S/C26H46N2O4/c1-2-3-4-5-6-7-8-9-10-11-12-13-14-19-24(29)27-20-15-17-22(27)25(30)28-21-16-18-23(28)26(31)32/h22-23H,2-21H2,1H3,(H,31,32)/t22-,23-/m0/s1. The molecule has 0 unspecified atom stereocenters. The van der Waals surface area contributed by atoms with Crippen molar-refractivity contribution >= 4 is 17.8 Å². The zero-order valence-electron chi connectivity index (χ0n) is 20.4. The Labute approximate surface area is 195 Å². The van der Waals surface area contributed by atoms with E-state index in [-0.39, 0.29) is 11.8 Å². The number of hydrogen-bond acceptors (Lipinski definition) is 3. The third-order valence-electron chi connectivity index (χ3n) is 7.17. The second-order valence-corrected chi connectivity index (χ2v) is 9.77. The van der Waals surface area contributed by atoms with Crippen LogP contribution in [-0.4, -0.2) is 57.9 Å². The Morgan fingerprint density at radius 2 is 1.16 bits per heavy atom. The molecule has 2 rings (SSSR count). The van der Waals surface area contributed by atoms with Gasteiger partial charge in [-0.3, -0.25) is 9.59 Å². The molecule has 2 aliphatic rings. The third-order valence-corrected chi connectivity index (χ3v) is 7.17. The van der Waals surface area contributed by atoms with Crippen molar-refractivity contribution in [3.05, 3.63) is 0 Å². The molecule has 0 aliphatic carbocycles. The summed E-state index contributed by atoms with van der Waals surface area (Å²) in [5.41, 5.74) is 0. The van der Waals surface area contributed by atoms with E-state index in [9.17, 15) is 19.5 Å². The smallest absolute Gasteiger partial charge is 0.326 e. The van der Waals surface area contributed by atoms with E-state index in [1.165, 1.54) is 75.5 Å². The summed E-state index contributed by atoms with van der Waals surface area (Å²) < 4.78 is 0. The molecule has 6 nitrogen and oxygen atoms in total. The van der Waals surface area contributed by atoms with Crippen LogP contribution >= 0.6 is 0 Å². The minimum absolute atomic E-state index is 0.0648. The van der Waals surface area contributed by atoms with Crippen LogP contribution in [0.5, 0.6) is 0 Å². The third kappa shape index (κ3) is 8.74. The van der Waals surface area contributed by atoms with Crippen LogP contribution < -0.4 is 0 Å². The van der Waals surface area contributed by atoms with Crippen LogP contribution in [-0.2, 0) is 14.4 Å². The highest BCUT2D eigenvalue weighted by Crippen LogP contribution is 2.26. The fraction of sp³-hybridized carbons (Fsp3) is 0.885. The SMILES string of the molecule is CCCCCCCCCCCCCCCC(=O)N1CCC[C@H]1C(=O)N1CCC[C@H]1C(=O)O. The quantitative estimate of drug-likeness (QED) is 0.313. The molecule has 0 bridgehead atoms. The fourth-order valence-electron chi connectivity index (χ4n) is 5.24. The van der Waals surface area contributed by atoms with Gasteiger partial charge in [0.2, 0.25) is 11.8 Å². The first-order valence-corrected chi connectivity index (χ1v) is 13.4. The van der Waals surface area contributed by atoms with Crippen molar-refractivity contribution in [1.82, 2.24) is 9.80 Å². The summed E-state index contributed by atoms with van der Waals surface area (Å²) in [6, 6.07) is -1.18. The molecule has 2 aliphatic heterocycles. The molecule has 0 aromatic rings. The molecule has 0 aromatic heterocycles. The summed E-state index contributed by atoms with van der Waals surface area (Å²) in [4.78, 5) is 40.3. The predicted molar refractivity (Wildman–Crippen MR) is 127 cm³/mol. The molecule has 2 fully saturated rings. The number of likely N-dealkylation sites (tertiary alicyclic amines) is 2. The second-order valence-electron chi connectivity index (χ2n) is 9.77. The number of carboxylic acids is 1. The molecule has 184 valence electrons. The summed E-state index contributed by atoms with van der Waals surface area (Å²) in [7, 11) is 0. The number of carbonyl (C=O) groups excluding carboxylic acids is 2. The summed E-state index contributed by atoms with van der Waals surface area (Å²) in [6.45, 7) is 3.37. The van der Waals surface area contributed by atoms with E-state index in [2.05, 4.69) is 6.92 Å². The van der Waals surface area contributed by atoms with E-state index in [1.54, 1.807) is 4.90 Å². The molecule has 0 spiro atoms.